The number of ether oxygens (including phenoxy) is 1. The van der Waals surface area contributed by atoms with Crippen molar-refractivity contribution >= 4 is 11.5 Å². The van der Waals surface area contributed by atoms with Crippen molar-refractivity contribution in [1.29, 1.82) is 0 Å². The van der Waals surface area contributed by atoms with Gasteiger partial charge < -0.3 is 10.1 Å². The average Bonchev–Trinajstić information content (AvgIpc) is 3.21. The monoisotopic (exact) mass is 362 g/mol. The van der Waals surface area contributed by atoms with Gasteiger partial charge in [0.15, 0.2) is 0 Å². The Labute approximate surface area is 147 Å². The first-order chi connectivity index (χ1) is 12.6. The lowest BCUT2D eigenvalue weighted by Crippen LogP contribution is -2.25. The number of hydrogen-bond acceptors (Lipinski definition) is 4. The van der Waals surface area contributed by atoms with Gasteiger partial charge in [-0.3, -0.25) is 4.40 Å². The number of rotatable bonds is 5. The Morgan fingerprint density at radius 2 is 2.08 bits per heavy atom. The Hall–Kier alpha value is -2.77. The van der Waals surface area contributed by atoms with Crippen LogP contribution in [0.15, 0.2) is 42.7 Å². The number of pyridine rings is 2. The van der Waals surface area contributed by atoms with Crippen LogP contribution in [0.25, 0.3) is 17.0 Å². The largest absolute Gasteiger partial charge is 0.433 e. The predicted octanol–water partition coefficient (Wildman–Crippen LogP) is 4.30. The Balaban J connectivity index is 1.65. The molecule has 0 saturated heterocycles. The van der Waals surface area contributed by atoms with E-state index in [0.717, 1.165) is 12.8 Å². The molecule has 4 rings (SSSR count). The van der Waals surface area contributed by atoms with E-state index in [1.54, 1.807) is 28.8 Å². The lowest BCUT2D eigenvalue weighted by atomic mass is 10.2. The summed E-state index contributed by atoms with van der Waals surface area (Å²) in [5.41, 5.74) is 1.82. The van der Waals surface area contributed by atoms with E-state index in [0.29, 0.717) is 29.3 Å². The van der Waals surface area contributed by atoms with Crippen LogP contribution in [0.4, 0.5) is 19.0 Å². The third-order valence-electron chi connectivity index (χ3n) is 4.48. The highest BCUT2D eigenvalue weighted by Gasteiger charge is 2.27. The zero-order valence-corrected chi connectivity index (χ0v) is 13.8. The molecule has 1 aliphatic carbocycles. The van der Waals surface area contributed by atoms with Gasteiger partial charge in [0, 0.05) is 0 Å². The third kappa shape index (κ3) is 3.31. The van der Waals surface area contributed by atoms with Gasteiger partial charge in [-0.05, 0) is 43.5 Å². The summed E-state index contributed by atoms with van der Waals surface area (Å²) in [6, 6.07) is 8.18. The average molecular weight is 362 g/mol. The topological polar surface area (TPSA) is 51.5 Å². The van der Waals surface area contributed by atoms with Gasteiger partial charge in [-0.25, -0.2) is 14.4 Å². The summed E-state index contributed by atoms with van der Waals surface area (Å²) >= 11 is 0. The first kappa shape index (κ1) is 16.7. The van der Waals surface area contributed by atoms with E-state index in [9.17, 15) is 13.2 Å². The first-order valence-corrected chi connectivity index (χ1v) is 8.40. The van der Waals surface area contributed by atoms with Crippen molar-refractivity contribution in [3.05, 3.63) is 42.7 Å². The lowest BCUT2D eigenvalue weighted by molar-refractivity contribution is -0.0501. The number of aromatic nitrogens is 3. The molecule has 3 heterocycles. The summed E-state index contributed by atoms with van der Waals surface area (Å²) < 4.78 is 44.8. The lowest BCUT2D eigenvalue weighted by Gasteiger charge is -2.16. The fourth-order valence-electron chi connectivity index (χ4n) is 3.25. The Morgan fingerprint density at radius 3 is 2.85 bits per heavy atom. The van der Waals surface area contributed by atoms with E-state index in [-0.39, 0.29) is 11.8 Å². The van der Waals surface area contributed by atoms with Gasteiger partial charge in [0.2, 0.25) is 0 Å². The van der Waals surface area contributed by atoms with Gasteiger partial charge >= 0.3 is 6.61 Å². The van der Waals surface area contributed by atoms with E-state index in [2.05, 4.69) is 20.0 Å². The Bertz CT molecular complexity index is 914. The second-order valence-corrected chi connectivity index (χ2v) is 6.22. The maximum atomic E-state index is 13.8. The molecule has 1 saturated carbocycles. The van der Waals surface area contributed by atoms with Crippen LogP contribution in [0.1, 0.15) is 19.3 Å². The fraction of sp³-hybridized carbons (Fsp3) is 0.333. The molecule has 2 atom stereocenters. The molecule has 1 fully saturated rings. The van der Waals surface area contributed by atoms with Gasteiger partial charge in [0.25, 0.3) is 0 Å². The van der Waals surface area contributed by atoms with Crippen molar-refractivity contribution in [1.82, 2.24) is 14.4 Å². The second-order valence-electron chi connectivity index (χ2n) is 6.22. The molecule has 1 N–H and O–H groups in total. The standard InChI is InChI=1S/C18H17F3N4O/c19-12-3-1-4-13(12)23-16-6-2-5-14(24-16)15-9-22-17-8-7-11(10-25(15)17)26-18(20)21/h2,5-10,12-13,18H,1,3-4H2,(H,23,24)/t12-,13-/m0/s1. The summed E-state index contributed by atoms with van der Waals surface area (Å²) in [6.45, 7) is -2.90. The quantitative estimate of drug-likeness (QED) is 0.735. The van der Waals surface area contributed by atoms with Crippen LogP contribution in [0.3, 0.4) is 0 Å². The normalized spacial score (nSPS) is 20.0. The van der Waals surface area contributed by atoms with Crippen LogP contribution in [0, 0.1) is 0 Å². The molecule has 0 spiro atoms. The first-order valence-electron chi connectivity index (χ1n) is 8.40. The molecule has 0 unspecified atom stereocenters. The van der Waals surface area contributed by atoms with Crippen molar-refractivity contribution in [2.75, 3.05) is 5.32 Å². The minimum Gasteiger partial charge on any atom is -0.433 e. The highest BCUT2D eigenvalue weighted by molar-refractivity contribution is 5.62. The number of nitrogens with one attached hydrogen (secondary N) is 1. The number of alkyl halides is 3. The number of nitrogens with zero attached hydrogens (tertiary/aromatic N) is 3. The number of imidazole rings is 1. The van der Waals surface area contributed by atoms with Crippen LogP contribution >= 0.6 is 0 Å². The van der Waals surface area contributed by atoms with Crippen molar-refractivity contribution in [2.24, 2.45) is 0 Å². The molecule has 3 aromatic rings. The summed E-state index contributed by atoms with van der Waals surface area (Å²) in [5, 5.41) is 3.14. The molecule has 26 heavy (non-hydrogen) atoms. The van der Waals surface area contributed by atoms with Gasteiger partial charge in [0.05, 0.1) is 29.8 Å². The zero-order chi connectivity index (χ0) is 18.1. The molecule has 5 nitrogen and oxygen atoms in total. The number of fused-ring (bicyclic) bond motifs is 1. The van der Waals surface area contributed by atoms with Crippen LogP contribution in [-0.2, 0) is 0 Å². The molecule has 0 radical (unpaired) electrons. The molecular weight excluding hydrogens is 345 g/mol. The van der Waals surface area contributed by atoms with Crippen molar-refractivity contribution < 1.29 is 17.9 Å². The van der Waals surface area contributed by atoms with Crippen molar-refractivity contribution in [2.45, 2.75) is 38.1 Å². The summed E-state index contributed by atoms with van der Waals surface area (Å²) in [4.78, 5) is 8.79. The molecular formula is C18H17F3N4O. The van der Waals surface area contributed by atoms with Gasteiger partial charge in [-0.1, -0.05) is 6.07 Å². The summed E-state index contributed by atoms with van der Waals surface area (Å²) in [6.07, 6.45) is 4.39. The summed E-state index contributed by atoms with van der Waals surface area (Å²) in [5.74, 6) is 0.610. The maximum Gasteiger partial charge on any atom is 0.387 e. The fourth-order valence-corrected chi connectivity index (χ4v) is 3.25. The Morgan fingerprint density at radius 1 is 1.19 bits per heavy atom. The van der Waals surface area contributed by atoms with Crippen molar-refractivity contribution in [3.8, 4) is 17.1 Å². The van der Waals surface area contributed by atoms with Crippen LogP contribution < -0.4 is 10.1 Å². The van der Waals surface area contributed by atoms with Gasteiger partial charge in [0.1, 0.15) is 23.4 Å². The third-order valence-corrected chi connectivity index (χ3v) is 4.48. The predicted molar refractivity (Wildman–Crippen MR) is 91.2 cm³/mol. The zero-order valence-electron chi connectivity index (χ0n) is 13.8. The van der Waals surface area contributed by atoms with Crippen LogP contribution in [-0.4, -0.2) is 33.2 Å². The number of anilines is 1. The smallest absolute Gasteiger partial charge is 0.387 e. The van der Waals surface area contributed by atoms with E-state index in [1.165, 1.54) is 12.3 Å². The van der Waals surface area contributed by atoms with E-state index < -0.39 is 12.8 Å². The Kier molecular flexibility index (Phi) is 4.40. The van der Waals surface area contributed by atoms with Crippen LogP contribution in [0.2, 0.25) is 0 Å². The van der Waals surface area contributed by atoms with Crippen LogP contribution in [0.5, 0.6) is 5.75 Å². The molecule has 1 aliphatic rings. The van der Waals surface area contributed by atoms with E-state index in [4.69, 9.17) is 0 Å². The molecule has 8 heteroatoms. The number of halogens is 3. The van der Waals surface area contributed by atoms with Gasteiger partial charge in [-0.2, -0.15) is 8.78 Å². The highest BCUT2D eigenvalue weighted by Crippen LogP contribution is 2.27. The summed E-state index contributed by atoms with van der Waals surface area (Å²) in [7, 11) is 0. The molecule has 3 aromatic heterocycles. The van der Waals surface area contributed by atoms with Gasteiger partial charge in [-0.15, -0.1) is 0 Å². The second kappa shape index (κ2) is 6.86. The minimum absolute atomic E-state index is 0.0345. The van der Waals surface area contributed by atoms with Crippen molar-refractivity contribution in [3.63, 3.8) is 0 Å². The minimum atomic E-state index is -2.90. The van der Waals surface area contributed by atoms with E-state index >= 15 is 0 Å². The molecule has 0 amide bonds. The molecule has 0 aromatic carbocycles. The number of hydrogen-bond donors (Lipinski definition) is 1. The highest BCUT2D eigenvalue weighted by atomic mass is 19.3. The molecule has 0 aliphatic heterocycles. The maximum absolute atomic E-state index is 13.8. The SMILES string of the molecule is FC(F)Oc1ccc2ncc(-c3cccc(N[C@H]4CCC[C@@H]4F)n3)n2c1. The van der Waals surface area contributed by atoms with E-state index in [1.807, 2.05) is 6.07 Å². The molecule has 0 bridgehead atoms. The molecule has 136 valence electrons.